The lowest BCUT2D eigenvalue weighted by molar-refractivity contribution is -0.130. The van der Waals surface area contributed by atoms with Gasteiger partial charge in [0.2, 0.25) is 5.91 Å². The fraction of sp³-hybridized carbons (Fsp3) is 0.412. The molecular weight excluding hydrogens is 322 g/mol. The monoisotopic (exact) mass is 341 g/mol. The third-order valence-electron chi connectivity index (χ3n) is 4.85. The number of nitrogens with zero attached hydrogens (tertiary/aromatic N) is 4. The smallest absolute Gasteiger partial charge is 0.272 e. The van der Waals surface area contributed by atoms with E-state index < -0.39 is 0 Å². The number of fused-ring (bicyclic) bond motifs is 3. The molecule has 2 aliphatic heterocycles. The van der Waals surface area contributed by atoms with Crippen molar-refractivity contribution in [2.75, 3.05) is 31.9 Å². The van der Waals surface area contributed by atoms with Gasteiger partial charge in [-0.2, -0.15) is 0 Å². The van der Waals surface area contributed by atoms with Gasteiger partial charge in [-0.15, -0.1) is 0 Å². The van der Waals surface area contributed by atoms with Crippen LogP contribution < -0.4 is 5.73 Å². The van der Waals surface area contributed by atoms with Crippen LogP contribution in [0.15, 0.2) is 12.3 Å². The van der Waals surface area contributed by atoms with Gasteiger partial charge in [0.25, 0.3) is 5.91 Å². The summed E-state index contributed by atoms with van der Waals surface area (Å²) >= 11 is 0. The molecule has 2 aromatic rings. The zero-order valence-corrected chi connectivity index (χ0v) is 14.0. The molecule has 130 valence electrons. The maximum absolute atomic E-state index is 12.8. The van der Waals surface area contributed by atoms with Crippen molar-refractivity contribution >= 4 is 28.5 Å². The average molecular weight is 341 g/mol. The largest absolute Gasteiger partial charge is 0.383 e. The van der Waals surface area contributed by atoms with Crippen molar-refractivity contribution in [2.45, 2.75) is 20.1 Å². The van der Waals surface area contributed by atoms with E-state index in [2.05, 4.69) is 9.97 Å². The van der Waals surface area contributed by atoms with E-state index in [9.17, 15) is 9.59 Å². The Kier molecular flexibility index (Phi) is 3.76. The molecule has 0 aromatic carbocycles. The summed E-state index contributed by atoms with van der Waals surface area (Å²) in [6.45, 7) is 4.59. The van der Waals surface area contributed by atoms with Crippen molar-refractivity contribution in [1.82, 2.24) is 19.8 Å². The van der Waals surface area contributed by atoms with E-state index in [0.29, 0.717) is 56.4 Å². The molecule has 0 spiro atoms. The number of nitrogen functional groups attached to an aromatic ring is 1. The maximum atomic E-state index is 12.8. The number of nitrogens with two attached hydrogens (primary N) is 1. The van der Waals surface area contributed by atoms with E-state index in [1.807, 2.05) is 0 Å². The second-order valence-corrected chi connectivity index (χ2v) is 6.33. The summed E-state index contributed by atoms with van der Waals surface area (Å²) in [5.41, 5.74) is 8.89. The van der Waals surface area contributed by atoms with Gasteiger partial charge in [0.15, 0.2) is 0 Å². The summed E-state index contributed by atoms with van der Waals surface area (Å²) in [6.07, 6.45) is 1.59. The van der Waals surface area contributed by atoms with Gasteiger partial charge < -0.3 is 20.3 Å². The zero-order valence-electron chi connectivity index (χ0n) is 14.0. The summed E-state index contributed by atoms with van der Waals surface area (Å²) < 4.78 is 5.48. The number of carbonyl (C=O) groups is 2. The topological polar surface area (TPSA) is 102 Å². The number of ether oxygens (including phenoxy) is 1. The van der Waals surface area contributed by atoms with Crippen molar-refractivity contribution in [2.24, 2.45) is 0 Å². The Balaban J connectivity index is 1.63. The summed E-state index contributed by atoms with van der Waals surface area (Å²) in [5.74, 6) is 0.367. The van der Waals surface area contributed by atoms with E-state index in [4.69, 9.17) is 10.5 Å². The van der Waals surface area contributed by atoms with E-state index in [1.54, 1.807) is 29.0 Å². The molecule has 0 radical (unpaired) electrons. The van der Waals surface area contributed by atoms with Gasteiger partial charge in [0.1, 0.15) is 11.5 Å². The third kappa shape index (κ3) is 2.68. The van der Waals surface area contributed by atoms with Crippen LogP contribution in [0.4, 0.5) is 5.82 Å². The first kappa shape index (κ1) is 15.8. The van der Waals surface area contributed by atoms with Gasteiger partial charge in [-0.25, -0.2) is 9.97 Å². The molecular formula is C17H19N5O3. The fourth-order valence-electron chi connectivity index (χ4n) is 3.38. The lowest BCUT2D eigenvalue weighted by Crippen LogP contribution is -2.50. The van der Waals surface area contributed by atoms with Gasteiger partial charge in [-0.3, -0.25) is 9.59 Å². The van der Waals surface area contributed by atoms with Crippen LogP contribution in [0.3, 0.4) is 0 Å². The highest BCUT2D eigenvalue weighted by atomic mass is 16.5. The number of amides is 2. The van der Waals surface area contributed by atoms with E-state index >= 15 is 0 Å². The van der Waals surface area contributed by atoms with E-state index in [1.165, 1.54) is 0 Å². The Bertz CT molecular complexity index is 874. The van der Waals surface area contributed by atoms with Crippen molar-refractivity contribution in [3.05, 3.63) is 29.1 Å². The summed E-state index contributed by atoms with van der Waals surface area (Å²) in [4.78, 5) is 36.3. The highest BCUT2D eigenvalue weighted by Gasteiger charge is 2.25. The van der Waals surface area contributed by atoms with Gasteiger partial charge in [0.05, 0.1) is 24.9 Å². The fourth-order valence-corrected chi connectivity index (χ4v) is 3.38. The van der Waals surface area contributed by atoms with Crippen LogP contribution in [0.1, 0.15) is 28.5 Å². The Morgan fingerprint density at radius 3 is 2.52 bits per heavy atom. The van der Waals surface area contributed by atoms with Gasteiger partial charge in [0, 0.05) is 44.1 Å². The van der Waals surface area contributed by atoms with Crippen molar-refractivity contribution in [3.63, 3.8) is 0 Å². The molecule has 2 aliphatic rings. The molecule has 0 unspecified atom stereocenters. The lowest BCUT2D eigenvalue weighted by atomic mass is 10.1. The number of hydrogen-bond donors (Lipinski definition) is 1. The molecule has 8 nitrogen and oxygen atoms in total. The molecule has 2 aromatic heterocycles. The Morgan fingerprint density at radius 1 is 1.12 bits per heavy atom. The highest BCUT2D eigenvalue weighted by Crippen LogP contribution is 2.31. The highest BCUT2D eigenvalue weighted by molar-refractivity contribution is 5.97. The van der Waals surface area contributed by atoms with Crippen molar-refractivity contribution in [3.8, 4) is 0 Å². The van der Waals surface area contributed by atoms with E-state index in [0.717, 1.165) is 16.5 Å². The number of carbonyl (C=O) groups excluding carboxylic acids is 2. The molecule has 4 rings (SSSR count). The minimum atomic E-state index is -0.130. The molecule has 2 amide bonds. The minimum Gasteiger partial charge on any atom is -0.383 e. The standard InChI is InChI=1S/C17H19N5O3/c1-10(23)21-2-4-22(5-3-21)17(24)14-6-11-12-8-25-9-13(12)16(18)20-15(11)7-19-14/h6-7H,2-5,8-9H2,1H3,(H2,18,20). The van der Waals surface area contributed by atoms with Crippen LogP contribution in [0.2, 0.25) is 0 Å². The molecule has 25 heavy (non-hydrogen) atoms. The van der Waals surface area contributed by atoms with Crippen LogP contribution in [0.25, 0.3) is 10.9 Å². The first-order chi connectivity index (χ1) is 12.0. The molecule has 1 saturated heterocycles. The number of pyridine rings is 2. The predicted molar refractivity (Wildman–Crippen MR) is 90.6 cm³/mol. The molecule has 2 N–H and O–H groups in total. The van der Waals surface area contributed by atoms with Crippen LogP contribution in [0.5, 0.6) is 0 Å². The minimum absolute atomic E-state index is 0.0372. The van der Waals surface area contributed by atoms with Crippen LogP contribution in [0, 0.1) is 0 Å². The maximum Gasteiger partial charge on any atom is 0.272 e. The van der Waals surface area contributed by atoms with Gasteiger partial charge >= 0.3 is 0 Å². The second kappa shape index (κ2) is 5.96. The Morgan fingerprint density at radius 2 is 1.80 bits per heavy atom. The summed E-state index contributed by atoms with van der Waals surface area (Å²) in [7, 11) is 0. The molecule has 0 bridgehead atoms. The second-order valence-electron chi connectivity index (χ2n) is 6.33. The molecule has 8 heteroatoms. The zero-order chi connectivity index (χ0) is 17.6. The number of piperazine rings is 1. The first-order valence-corrected chi connectivity index (χ1v) is 8.24. The van der Waals surface area contributed by atoms with Gasteiger partial charge in [-0.05, 0) is 11.6 Å². The third-order valence-corrected chi connectivity index (χ3v) is 4.85. The summed E-state index contributed by atoms with van der Waals surface area (Å²) in [6, 6.07) is 1.77. The lowest BCUT2D eigenvalue weighted by Gasteiger charge is -2.34. The van der Waals surface area contributed by atoms with Crippen molar-refractivity contribution in [1.29, 1.82) is 0 Å². The molecule has 0 atom stereocenters. The Hall–Kier alpha value is -2.74. The van der Waals surface area contributed by atoms with Crippen molar-refractivity contribution < 1.29 is 14.3 Å². The SMILES string of the molecule is CC(=O)N1CCN(C(=O)c2cc3c4c(c(N)nc3cn2)COC4)CC1. The average Bonchev–Trinajstić information content (AvgIpc) is 3.12. The number of anilines is 1. The van der Waals surface area contributed by atoms with Crippen LogP contribution in [-0.4, -0.2) is 57.8 Å². The van der Waals surface area contributed by atoms with Crippen LogP contribution >= 0.6 is 0 Å². The number of hydrogen-bond acceptors (Lipinski definition) is 6. The van der Waals surface area contributed by atoms with Crippen LogP contribution in [-0.2, 0) is 22.7 Å². The molecule has 4 heterocycles. The normalized spacial score (nSPS) is 17.0. The van der Waals surface area contributed by atoms with E-state index in [-0.39, 0.29) is 11.8 Å². The number of aromatic nitrogens is 2. The molecule has 1 fully saturated rings. The Labute approximate surface area is 144 Å². The predicted octanol–water partition coefficient (Wildman–Crippen LogP) is 0.546. The summed E-state index contributed by atoms with van der Waals surface area (Å²) in [5, 5.41) is 0.863. The van der Waals surface area contributed by atoms with Gasteiger partial charge in [-0.1, -0.05) is 0 Å². The molecule has 0 aliphatic carbocycles. The quantitative estimate of drug-likeness (QED) is 0.813. The molecule has 0 saturated carbocycles. The number of rotatable bonds is 1. The first-order valence-electron chi connectivity index (χ1n) is 8.24.